The van der Waals surface area contributed by atoms with E-state index in [1.165, 1.54) is 26.0 Å². The van der Waals surface area contributed by atoms with Crippen LogP contribution in [0.2, 0.25) is 0 Å². The summed E-state index contributed by atoms with van der Waals surface area (Å²) in [4.78, 5) is 30.6. The lowest BCUT2D eigenvalue weighted by atomic mass is 10.2. The molecule has 7 nitrogen and oxygen atoms in total. The number of benzene rings is 1. The third kappa shape index (κ3) is 5.16. The van der Waals surface area contributed by atoms with E-state index >= 15 is 0 Å². The van der Waals surface area contributed by atoms with Crippen LogP contribution >= 0.6 is 34.4 Å². The molecule has 0 bridgehead atoms. The van der Waals surface area contributed by atoms with E-state index in [-0.39, 0.29) is 12.5 Å². The number of ether oxygens (including phenoxy) is 3. The summed E-state index contributed by atoms with van der Waals surface area (Å²) < 4.78 is 16.2. The minimum Gasteiger partial charge on any atom is -0.493 e. The first-order valence-corrected chi connectivity index (χ1v) is 10.2. The maximum atomic E-state index is 12.6. The predicted octanol–water partition coefficient (Wildman–Crippen LogP) is 3.16. The average Bonchev–Trinajstić information content (AvgIpc) is 2.94. The zero-order chi connectivity index (χ0) is 20.0. The monoisotopic (exact) mass is 504 g/mol. The number of carbonyl (C=O) groups is 2. The number of rotatable bonds is 7. The number of hydrogen-bond donors (Lipinski definition) is 0. The molecule has 1 aliphatic rings. The highest BCUT2D eigenvalue weighted by Crippen LogP contribution is 2.37. The van der Waals surface area contributed by atoms with Gasteiger partial charge >= 0.3 is 5.97 Å². The fourth-order valence-electron chi connectivity index (χ4n) is 2.34. The summed E-state index contributed by atoms with van der Waals surface area (Å²) in [6, 6.07) is 3.63. The maximum Gasteiger partial charge on any atom is 0.343 e. The van der Waals surface area contributed by atoms with Gasteiger partial charge in [0.2, 0.25) is 0 Å². The summed E-state index contributed by atoms with van der Waals surface area (Å²) in [7, 11) is 2.82. The van der Waals surface area contributed by atoms with Crippen molar-refractivity contribution in [3.63, 3.8) is 0 Å². The number of carbonyl (C=O) groups excluding carboxylic acids is 2. The van der Waals surface area contributed by atoms with Crippen molar-refractivity contribution in [1.82, 2.24) is 4.90 Å². The molecular formula is C18H21IN2O5S. The highest BCUT2D eigenvalue weighted by Gasteiger charge is 2.31. The van der Waals surface area contributed by atoms with E-state index in [0.29, 0.717) is 29.5 Å². The van der Waals surface area contributed by atoms with Gasteiger partial charge in [-0.05, 0) is 72.0 Å². The second kappa shape index (κ2) is 9.98. The molecular weight excluding hydrogens is 483 g/mol. The van der Waals surface area contributed by atoms with Gasteiger partial charge in [0, 0.05) is 13.1 Å². The van der Waals surface area contributed by atoms with Gasteiger partial charge < -0.3 is 14.2 Å². The van der Waals surface area contributed by atoms with E-state index in [0.717, 1.165) is 14.3 Å². The molecule has 1 amide bonds. The van der Waals surface area contributed by atoms with E-state index in [1.54, 1.807) is 11.0 Å². The Hall–Kier alpha value is -1.75. The molecule has 1 heterocycles. The fraction of sp³-hybridized carbons (Fsp3) is 0.389. The Bertz CT molecular complexity index is 794. The number of nitrogens with zero attached hydrogens (tertiary/aromatic N) is 2. The van der Waals surface area contributed by atoms with Gasteiger partial charge in [-0.1, -0.05) is 0 Å². The quantitative estimate of drug-likeness (QED) is 0.323. The van der Waals surface area contributed by atoms with Gasteiger partial charge in [-0.3, -0.25) is 14.7 Å². The minimum absolute atomic E-state index is 0.0605. The van der Waals surface area contributed by atoms with Crippen LogP contribution in [0.15, 0.2) is 22.0 Å². The van der Waals surface area contributed by atoms with Gasteiger partial charge in [-0.25, -0.2) is 4.79 Å². The van der Waals surface area contributed by atoms with Crippen LogP contribution in [-0.4, -0.2) is 55.9 Å². The molecule has 9 heteroatoms. The summed E-state index contributed by atoms with van der Waals surface area (Å²) in [6.45, 7) is 4.85. The van der Waals surface area contributed by atoms with Crippen molar-refractivity contribution in [3.05, 3.63) is 26.2 Å². The van der Waals surface area contributed by atoms with Crippen molar-refractivity contribution in [1.29, 1.82) is 0 Å². The van der Waals surface area contributed by atoms with Gasteiger partial charge in [-0.15, -0.1) is 0 Å². The number of likely N-dealkylation sites (N-methyl/N-ethyl adjacent to an activating group) is 1. The van der Waals surface area contributed by atoms with E-state index in [1.807, 2.05) is 26.0 Å². The minimum atomic E-state index is -0.477. The molecule has 1 saturated heterocycles. The number of hydrogen-bond acceptors (Lipinski definition) is 7. The summed E-state index contributed by atoms with van der Waals surface area (Å²) in [5, 5.41) is 0.718. The van der Waals surface area contributed by atoms with Gasteiger partial charge in [0.15, 0.2) is 23.3 Å². The van der Waals surface area contributed by atoms with Gasteiger partial charge in [-0.2, -0.15) is 0 Å². The van der Waals surface area contributed by atoms with Crippen molar-refractivity contribution in [2.45, 2.75) is 13.8 Å². The van der Waals surface area contributed by atoms with Crippen LogP contribution in [0.1, 0.15) is 19.4 Å². The number of amidine groups is 1. The van der Waals surface area contributed by atoms with Crippen LogP contribution < -0.4 is 9.47 Å². The molecule has 0 radical (unpaired) electrons. The molecule has 27 heavy (non-hydrogen) atoms. The van der Waals surface area contributed by atoms with E-state index in [2.05, 4.69) is 32.3 Å². The molecule has 0 N–H and O–H groups in total. The molecule has 1 aliphatic heterocycles. The van der Waals surface area contributed by atoms with Crippen molar-refractivity contribution >= 4 is 57.5 Å². The molecule has 0 aliphatic carbocycles. The smallest absolute Gasteiger partial charge is 0.343 e. The lowest BCUT2D eigenvalue weighted by Gasteiger charge is -2.13. The Kier molecular flexibility index (Phi) is 7.96. The van der Waals surface area contributed by atoms with Crippen molar-refractivity contribution < 1.29 is 23.8 Å². The highest BCUT2D eigenvalue weighted by atomic mass is 127. The third-order valence-electron chi connectivity index (χ3n) is 3.61. The topological polar surface area (TPSA) is 77.4 Å². The van der Waals surface area contributed by atoms with Crippen molar-refractivity contribution in [2.75, 3.05) is 33.9 Å². The van der Waals surface area contributed by atoms with Crippen LogP contribution in [0.25, 0.3) is 6.08 Å². The largest absolute Gasteiger partial charge is 0.493 e. The number of thioether (sulfide) groups is 1. The summed E-state index contributed by atoms with van der Waals surface area (Å²) >= 11 is 3.47. The number of methoxy groups -OCH3 is 2. The first kappa shape index (κ1) is 21.5. The molecule has 1 fully saturated rings. The summed E-state index contributed by atoms with van der Waals surface area (Å²) in [5.41, 5.74) is 0.798. The van der Waals surface area contributed by atoms with Crippen LogP contribution in [0.3, 0.4) is 0 Å². The predicted molar refractivity (Wildman–Crippen MR) is 114 cm³/mol. The van der Waals surface area contributed by atoms with Gasteiger partial charge in [0.1, 0.15) is 0 Å². The maximum absolute atomic E-state index is 12.6. The van der Waals surface area contributed by atoms with Crippen LogP contribution in [0, 0.1) is 3.57 Å². The number of halogens is 1. The Morgan fingerprint density at radius 2 is 2.07 bits per heavy atom. The Labute approximate surface area is 176 Å². The van der Waals surface area contributed by atoms with Crippen LogP contribution in [0.4, 0.5) is 0 Å². The summed E-state index contributed by atoms with van der Waals surface area (Å²) in [5.74, 6) is 0.395. The Morgan fingerprint density at radius 1 is 1.33 bits per heavy atom. The summed E-state index contributed by atoms with van der Waals surface area (Å²) in [6.07, 6.45) is 1.81. The number of esters is 1. The molecule has 1 aromatic rings. The normalized spacial score (nSPS) is 16.9. The highest BCUT2D eigenvalue weighted by molar-refractivity contribution is 14.1. The first-order chi connectivity index (χ1) is 12.9. The molecule has 0 atom stereocenters. The Morgan fingerprint density at radius 3 is 2.67 bits per heavy atom. The van der Waals surface area contributed by atoms with Crippen LogP contribution in [-0.2, 0) is 14.3 Å². The molecule has 1 aromatic carbocycles. The lowest BCUT2D eigenvalue weighted by Crippen LogP contribution is -2.28. The van der Waals surface area contributed by atoms with E-state index < -0.39 is 5.97 Å². The van der Waals surface area contributed by atoms with Gasteiger partial charge in [0.25, 0.3) is 5.91 Å². The van der Waals surface area contributed by atoms with E-state index in [9.17, 15) is 9.59 Å². The molecule has 146 valence electrons. The average molecular weight is 504 g/mol. The second-order valence-electron chi connectivity index (χ2n) is 5.32. The lowest BCUT2D eigenvalue weighted by molar-refractivity contribution is -0.143. The van der Waals surface area contributed by atoms with Crippen molar-refractivity contribution in [3.8, 4) is 11.5 Å². The molecule has 0 saturated carbocycles. The standard InChI is InChI=1S/C18H21IN2O5S/c1-5-20-18-21(6-2)17(23)14(27-18)9-11-7-12(19)16(13(8-11)24-3)26-10-15(22)25-4/h7-9H,5-6,10H2,1-4H3/b14-9+,20-18?. The zero-order valence-corrected chi connectivity index (χ0v) is 18.5. The Balaban J connectivity index is 2.33. The number of amides is 1. The SMILES string of the molecule is CCN=C1S/C(=C/c2cc(I)c(OCC(=O)OC)c(OC)c2)C(=O)N1CC. The molecule has 0 aromatic heterocycles. The van der Waals surface area contributed by atoms with Crippen molar-refractivity contribution in [2.24, 2.45) is 4.99 Å². The van der Waals surface area contributed by atoms with E-state index in [4.69, 9.17) is 9.47 Å². The molecule has 0 unspecified atom stereocenters. The number of aliphatic imine (C=N–C) groups is 1. The first-order valence-electron chi connectivity index (χ1n) is 8.28. The second-order valence-corrected chi connectivity index (χ2v) is 7.49. The van der Waals surface area contributed by atoms with Crippen LogP contribution in [0.5, 0.6) is 11.5 Å². The van der Waals surface area contributed by atoms with Gasteiger partial charge in [0.05, 0.1) is 22.7 Å². The fourth-order valence-corrected chi connectivity index (χ4v) is 4.23. The zero-order valence-electron chi connectivity index (χ0n) is 15.6. The molecule has 0 spiro atoms. The third-order valence-corrected chi connectivity index (χ3v) is 5.45. The molecule has 2 rings (SSSR count).